The van der Waals surface area contributed by atoms with E-state index in [0.29, 0.717) is 6.61 Å². The van der Waals surface area contributed by atoms with Crippen molar-refractivity contribution in [2.24, 2.45) is 0 Å². The third-order valence-corrected chi connectivity index (χ3v) is 6.73. The molecule has 0 aliphatic rings. The summed E-state index contributed by atoms with van der Waals surface area (Å²) in [5.41, 5.74) is 2.12. The molecule has 146 valence electrons. The van der Waals surface area contributed by atoms with Gasteiger partial charge in [0.05, 0.1) is 25.0 Å². The molecular weight excluding hydrogens is 604 g/mol. The van der Waals surface area contributed by atoms with E-state index in [9.17, 15) is 0 Å². The van der Waals surface area contributed by atoms with E-state index in [4.69, 9.17) is 9.47 Å². The maximum absolute atomic E-state index is 5.90. The molecule has 0 bridgehead atoms. The summed E-state index contributed by atoms with van der Waals surface area (Å²) in [6.07, 6.45) is 5.13. The van der Waals surface area contributed by atoms with Crippen LogP contribution in [0.4, 0.5) is 0 Å². The minimum Gasteiger partial charge on any atom is -0.494 e. The number of methoxy groups -OCH3 is 1. The van der Waals surface area contributed by atoms with Crippen molar-refractivity contribution in [1.29, 1.82) is 0 Å². The molecule has 0 aliphatic heterocycles. The molecule has 0 amide bonds. The molecule has 0 atom stereocenters. The molecule has 0 aromatic heterocycles. The molecular formula is C21H22Br4O2. The lowest BCUT2D eigenvalue weighted by atomic mass is 9.78. The summed E-state index contributed by atoms with van der Waals surface area (Å²) in [5, 5.41) is 0. The van der Waals surface area contributed by atoms with Crippen LogP contribution in [0.2, 0.25) is 0 Å². The topological polar surface area (TPSA) is 18.5 Å². The van der Waals surface area contributed by atoms with Crippen molar-refractivity contribution in [3.05, 3.63) is 65.4 Å². The number of hydrogen-bond donors (Lipinski definition) is 0. The Bertz CT molecular complexity index is 798. The average molecular weight is 626 g/mol. The first-order valence-electron chi connectivity index (χ1n) is 8.53. The first kappa shape index (κ1) is 23.0. The quantitative estimate of drug-likeness (QED) is 0.288. The van der Waals surface area contributed by atoms with Gasteiger partial charge in [-0.05, 0) is 106 Å². The highest BCUT2D eigenvalue weighted by Gasteiger charge is 2.27. The molecule has 0 saturated carbocycles. The van der Waals surface area contributed by atoms with Gasteiger partial charge in [0.1, 0.15) is 18.1 Å². The van der Waals surface area contributed by atoms with E-state index >= 15 is 0 Å². The maximum atomic E-state index is 5.90. The monoisotopic (exact) mass is 622 g/mol. The van der Waals surface area contributed by atoms with Crippen LogP contribution in [0.15, 0.2) is 54.3 Å². The largest absolute Gasteiger partial charge is 0.494 e. The van der Waals surface area contributed by atoms with Crippen molar-refractivity contribution in [3.8, 4) is 11.5 Å². The number of rotatable bonds is 7. The highest BCUT2D eigenvalue weighted by atomic mass is 79.9. The van der Waals surface area contributed by atoms with Gasteiger partial charge >= 0.3 is 0 Å². The van der Waals surface area contributed by atoms with Crippen molar-refractivity contribution >= 4 is 63.7 Å². The molecule has 2 aromatic carbocycles. The van der Waals surface area contributed by atoms with E-state index in [1.165, 1.54) is 11.1 Å². The normalized spacial score (nSPS) is 11.9. The SMILES string of the molecule is CCC=CCOc1c(Br)cc(C(C)(C)c2cc(Br)c(OC)c(Br)c2)cc1Br. The molecule has 0 aliphatic carbocycles. The van der Waals surface area contributed by atoms with Crippen molar-refractivity contribution in [2.75, 3.05) is 13.7 Å². The first-order chi connectivity index (χ1) is 12.7. The summed E-state index contributed by atoms with van der Waals surface area (Å²) in [5.74, 6) is 1.60. The van der Waals surface area contributed by atoms with Crippen LogP contribution in [-0.2, 0) is 5.41 Å². The molecule has 6 heteroatoms. The summed E-state index contributed by atoms with van der Waals surface area (Å²) in [6, 6.07) is 8.45. The van der Waals surface area contributed by atoms with Crippen LogP contribution in [0.25, 0.3) is 0 Å². The highest BCUT2D eigenvalue weighted by Crippen LogP contribution is 2.43. The van der Waals surface area contributed by atoms with E-state index in [2.05, 4.69) is 115 Å². The molecule has 27 heavy (non-hydrogen) atoms. The predicted molar refractivity (Wildman–Crippen MR) is 127 cm³/mol. The van der Waals surface area contributed by atoms with Crippen LogP contribution in [0.1, 0.15) is 38.3 Å². The van der Waals surface area contributed by atoms with Gasteiger partial charge in [0.25, 0.3) is 0 Å². The number of allylic oxidation sites excluding steroid dienone is 1. The van der Waals surface area contributed by atoms with Crippen molar-refractivity contribution in [2.45, 2.75) is 32.6 Å². The Hall–Kier alpha value is -0.300. The van der Waals surface area contributed by atoms with Crippen LogP contribution in [-0.4, -0.2) is 13.7 Å². The molecule has 0 fully saturated rings. The van der Waals surface area contributed by atoms with E-state index in [0.717, 1.165) is 35.8 Å². The lowest BCUT2D eigenvalue weighted by molar-refractivity contribution is 0.357. The summed E-state index contributed by atoms with van der Waals surface area (Å²) < 4.78 is 15.0. The summed E-state index contributed by atoms with van der Waals surface area (Å²) >= 11 is 14.5. The number of ether oxygens (including phenoxy) is 2. The Labute approximate surface area is 195 Å². The number of halogens is 4. The van der Waals surface area contributed by atoms with Crippen LogP contribution in [0, 0.1) is 0 Å². The van der Waals surface area contributed by atoms with Crippen molar-refractivity contribution in [3.63, 3.8) is 0 Å². The smallest absolute Gasteiger partial charge is 0.148 e. The van der Waals surface area contributed by atoms with Gasteiger partial charge in [-0.1, -0.05) is 32.9 Å². The maximum Gasteiger partial charge on any atom is 0.148 e. The van der Waals surface area contributed by atoms with Gasteiger partial charge in [-0.15, -0.1) is 0 Å². The fraction of sp³-hybridized carbons (Fsp3) is 0.333. The minimum atomic E-state index is -0.219. The van der Waals surface area contributed by atoms with Gasteiger partial charge in [0.2, 0.25) is 0 Å². The Balaban J connectivity index is 2.40. The van der Waals surface area contributed by atoms with Crippen molar-refractivity contribution < 1.29 is 9.47 Å². The fourth-order valence-corrected chi connectivity index (χ4v) is 5.63. The van der Waals surface area contributed by atoms with Gasteiger partial charge in [-0.3, -0.25) is 0 Å². The van der Waals surface area contributed by atoms with Gasteiger partial charge in [-0.25, -0.2) is 0 Å². The Morgan fingerprint density at radius 2 is 1.26 bits per heavy atom. The molecule has 2 aromatic rings. The molecule has 0 saturated heterocycles. The molecule has 0 unspecified atom stereocenters. The van der Waals surface area contributed by atoms with E-state index in [1.807, 2.05) is 6.08 Å². The molecule has 0 radical (unpaired) electrons. The molecule has 0 spiro atoms. The van der Waals surface area contributed by atoms with Gasteiger partial charge < -0.3 is 9.47 Å². The zero-order chi connectivity index (χ0) is 20.2. The predicted octanol–water partition coefficient (Wildman–Crippen LogP) is 8.42. The molecule has 0 N–H and O–H groups in total. The second-order valence-electron chi connectivity index (χ2n) is 6.56. The zero-order valence-electron chi connectivity index (χ0n) is 15.7. The summed E-state index contributed by atoms with van der Waals surface area (Å²) in [6.45, 7) is 7.06. The third kappa shape index (κ3) is 5.40. The van der Waals surface area contributed by atoms with E-state index in [-0.39, 0.29) is 5.41 Å². The van der Waals surface area contributed by atoms with E-state index in [1.54, 1.807) is 7.11 Å². The second kappa shape index (κ2) is 9.95. The molecule has 0 heterocycles. The summed E-state index contributed by atoms with van der Waals surface area (Å²) in [7, 11) is 1.66. The Kier molecular flexibility index (Phi) is 8.47. The molecule has 2 nitrogen and oxygen atoms in total. The summed E-state index contributed by atoms with van der Waals surface area (Å²) in [4.78, 5) is 0. The lowest BCUT2D eigenvalue weighted by Gasteiger charge is -2.28. The van der Waals surface area contributed by atoms with Crippen molar-refractivity contribution in [1.82, 2.24) is 0 Å². The van der Waals surface area contributed by atoms with Gasteiger partial charge in [0, 0.05) is 5.41 Å². The van der Waals surface area contributed by atoms with Crippen LogP contribution in [0.5, 0.6) is 11.5 Å². The Morgan fingerprint density at radius 1 is 0.815 bits per heavy atom. The lowest BCUT2D eigenvalue weighted by Crippen LogP contribution is -2.19. The van der Waals surface area contributed by atoms with Crippen LogP contribution in [0.3, 0.4) is 0 Å². The minimum absolute atomic E-state index is 0.219. The zero-order valence-corrected chi connectivity index (χ0v) is 22.1. The molecule has 2 rings (SSSR count). The fourth-order valence-electron chi connectivity index (χ4n) is 2.71. The third-order valence-electron chi connectivity index (χ3n) is 4.37. The average Bonchev–Trinajstić information content (AvgIpc) is 2.60. The number of hydrogen-bond acceptors (Lipinski definition) is 2. The van der Waals surface area contributed by atoms with Gasteiger partial charge in [-0.2, -0.15) is 0 Å². The highest BCUT2D eigenvalue weighted by molar-refractivity contribution is 9.11. The second-order valence-corrected chi connectivity index (χ2v) is 9.98. The van der Waals surface area contributed by atoms with Crippen LogP contribution < -0.4 is 9.47 Å². The van der Waals surface area contributed by atoms with E-state index < -0.39 is 0 Å². The first-order valence-corrected chi connectivity index (χ1v) is 11.7. The van der Waals surface area contributed by atoms with Crippen LogP contribution >= 0.6 is 63.7 Å². The van der Waals surface area contributed by atoms with Gasteiger partial charge in [0.15, 0.2) is 0 Å². The standard InChI is InChI=1S/C21H22Br4O2/c1-5-6-7-8-27-20-17(24)11-14(12-18(20)25)21(2,3)13-9-15(22)19(26-4)16(23)10-13/h6-7,9-12H,5,8H2,1-4H3. The number of benzene rings is 2. The Morgan fingerprint density at radius 3 is 1.67 bits per heavy atom.